The number of benzene rings is 1. The van der Waals surface area contributed by atoms with E-state index in [-0.39, 0.29) is 46.6 Å². The van der Waals surface area contributed by atoms with Crippen molar-refractivity contribution >= 4 is 11.8 Å². The van der Waals surface area contributed by atoms with Crippen LogP contribution in [0.1, 0.15) is 27.6 Å². The molecule has 0 saturated carbocycles. The lowest BCUT2D eigenvalue weighted by molar-refractivity contribution is -0.0421. The van der Waals surface area contributed by atoms with Crippen LogP contribution in [0.3, 0.4) is 0 Å². The predicted octanol–water partition coefficient (Wildman–Crippen LogP) is 1.89. The van der Waals surface area contributed by atoms with E-state index >= 15 is 0 Å². The Bertz CT molecular complexity index is 875. The number of hydrogen-bond acceptors (Lipinski definition) is 9. The molecule has 0 N–H and O–H groups in total. The van der Waals surface area contributed by atoms with Gasteiger partial charge in [0.2, 0.25) is 17.5 Å². The molecule has 0 fully saturated rings. The van der Waals surface area contributed by atoms with Gasteiger partial charge in [0.15, 0.2) is 5.82 Å². The molecule has 0 aliphatic carbocycles. The molecule has 0 amide bonds. The topological polar surface area (TPSA) is 106 Å². The van der Waals surface area contributed by atoms with Gasteiger partial charge >= 0.3 is 5.97 Å². The number of esters is 1. The molecular weight excluding hydrogens is 356 g/mol. The zero-order valence-corrected chi connectivity index (χ0v) is 15.3. The van der Waals surface area contributed by atoms with Gasteiger partial charge in [-0.1, -0.05) is 0 Å². The van der Waals surface area contributed by atoms with Gasteiger partial charge in [-0.3, -0.25) is 4.79 Å². The standard InChI is InChI=1S/C18H18N2O7/c1-5-26-18-15(21)14-10(27-18)7-6-9(13(14)17(22)25-4)16-19-11(23-2)8-12(20-16)24-3/h6-8,18H,5H2,1-4H3. The average molecular weight is 374 g/mol. The Labute approximate surface area is 155 Å². The van der Waals surface area contributed by atoms with E-state index in [0.717, 1.165) is 0 Å². The molecule has 3 rings (SSSR count). The second kappa shape index (κ2) is 7.58. The highest BCUT2D eigenvalue weighted by Gasteiger charge is 2.39. The summed E-state index contributed by atoms with van der Waals surface area (Å²) in [6, 6.07) is 4.62. The van der Waals surface area contributed by atoms with Crippen molar-refractivity contribution in [1.29, 1.82) is 0 Å². The van der Waals surface area contributed by atoms with E-state index in [0.29, 0.717) is 0 Å². The Balaban J connectivity index is 2.22. The van der Waals surface area contributed by atoms with E-state index in [4.69, 9.17) is 23.7 Å². The normalized spacial score (nSPS) is 15.1. The summed E-state index contributed by atoms with van der Waals surface area (Å²) < 4.78 is 26.0. The van der Waals surface area contributed by atoms with Crippen LogP contribution in [-0.4, -0.2) is 55.9 Å². The third-order valence-electron chi connectivity index (χ3n) is 3.91. The first-order chi connectivity index (χ1) is 13.0. The maximum atomic E-state index is 12.7. The lowest BCUT2D eigenvalue weighted by Crippen LogP contribution is -2.25. The summed E-state index contributed by atoms with van der Waals surface area (Å²) in [5.74, 6) is -0.337. The molecule has 2 aromatic rings. The predicted molar refractivity (Wildman–Crippen MR) is 92.3 cm³/mol. The summed E-state index contributed by atoms with van der Waals surface area (Å²) in [5, 5.41) is 0. The molecule has 1 unspecified atom stereocenters. The zero-order chi connectivity index (χ0) is 19.6. The van der Waals surface area contributed by atoms with Gasteiger partial charge < -0.3 is 23.7 Å². The molecule has 0 radical (unpaired) electrons. The molecule has 27 heavy (non-hydrogen) atoms. The van der Waals surface area contributed by atoms with E-state index in [1.54, 1.807) is 19.1 Å². The molecule has 2 heterocycles. The highest BCUT2D eigenvalue weighted by molar-refractivity contribution is 6.14. The minimum atomic E-state index is -1.11. The Morgan fingerprint density at radius 1 is 1.15 bits per heavy atom. The first kappa shape index (κ1) is 18.6. The molecule has 1 aromatic carbocycles. The Kier molecular flexibility index (Phi) is 5.22. The minimum absolute atomic E-state index is 0.00231. The number of methoxy groups -OCH3 is 3. The third kappa shape index (κ3) is 3.28. The fraction of sp³-hybridized carbons (Fsp3) is 0.333. The number of hydrogen-bond donors (Lipinski definition) is 0. The van der Waals surface area contributed by atoms with Gasteiger partial charge in [0.05, 0.1) is 38.5 Å². The van der Waals surface area contributed by atoms with Crippen LogP contribution in [0.25, 0.3) is 11.4 Å². The number of carbonyl (C=O) groups excluding carboxylic acids is 2. The van der Waals surface area contributed by atoms with Crippen molar-refractivity contribution in [1.82, 2.24) is 9.97 Å². The first-order valence-electron chi connectivity index (χ1n) is 8.09. The Hall–Kier alpha value is -3.20. The van der Waals surface area contributed by atoms with E-state index < -0.39 is 18.0 Å². The minimum Gasteiger partial charge on any atom is -0.481 e. The molecule has 0 spiro atoms. The molecular formula is C18H18N2O7. The molecule has 142 valence electrons. The highest BCUT2D eigenvalue weighted by atomic mass is 16.7. The summed E-state index contributed by atoms with van der Waals surface area (Å²) in [7, 11) is 4.11. The van der Waals surface area contributed by atoms with Crippen molar-refractivity contribution in [3.63, 3.8) is 0 Å². The lowest BCUT2D eigenvalue weighted by Gasteiger charge is -2.11. The summed E-state index contributed by atoms with van der Waals surface area (Å²) in [5.41, 5.74) is 0.354. The van der Waals surface area contributed by atoms with Gasteiger partial charge in [-0.2, -0.15) is 9.97 Å². The molecule has 1 aromatic heterocycles. The van der Waals surface area contributed by atoms with Crippen molar-refractivity contribution in [2.24, 2.45) is 0 Å². The van der Waals surface area contributed by atoms with E-state index in [9.17, 15) is 9.59 Å². The Morgan fingerprint density at radius 3 is 2.37 bits per heavy atom. The van der Waals surface area contributed by atoms with Crippen LogP contribution < -0.4 is 14.2 Å². The fourth-order valence-electron chi connectivity index (χ4n) is 2.71. The molecule has 0 bridgehead atoms. The van der Waals surface area contributed by atoms with Crippen LogP contribution in [0.15, 0.2) is 18.2 Å². The largest absolute Gasteiger partial charge is 0.481 e. The lowest BCUT2D eigenvalue weighted by atomic mass is 9.97. The average Bonchev–Trinajstić information content (AvgIpc) is 3.02. The quantitative estimate of drug-likeness (QED) is 0.701. The van der Waals surface area contributed by atoms with Crippen molar-refractivity contribution in [3.05, 3.63) is 29.3 Å². The molecule has 1 aliphatic heterocycles. The van der Waals surface area contributed by atoms with Crippen LogP contribution in [-0.2, 0) is 9.47 Å². The van der Waals surface area contributed by atoms with Gasteiger partial charge in [-0.25, -0.2) is 4.79 Å². The summed E-state index contributed by atoms with van der Waals surface area (Å²) in [4.78, 5) is 33.7. The smallest absolute Gasteiger partial charge is 0.339 e. The molecule has 9 nitrogen and oxygen atoms in total. The second-order valence-electron chi connectivity index (χ2n) is 5.40. The van der Waals surface area contributed by atoms with Crippen molar-refractivity contribution < 1.29 is 33.3 Å². The molecule has 1 atom stereocenters. The van der Waals surface area contributed by atoms with Crippen molar-refractivity contribution in [2.45, 2.75) is 13.2 Å². The SMILES string of the molecule is CCOC1Oc2ccc(-c3nc(OC)cc(OC)n3)c(C(=O)OC)c2C1=O. The number of ether oxygens (including phenoxy) is 5. The van der Waals surface area contributed by atoms with Crippen LogP contribution >= 0.6 is 0 Å². The number of aromatic nitrogens is 2. The van der Waals surface area contributed by atoms with Gasteiger partial charge in [0, 0.05) is 12.2 Å². The van der Waals surface area contributed by atoms with Gasteiger partial charge in [-0.05, 0) is 19.1 Å². The fourth-order valence-corrected chi connectivity index (χ4v) is 2.71. The van der Waals surface area contributed by atoms with Crippen LogP contribution in [0.2, 0.25) is 0 Å². The van der Waals surface area contributed by atoms with E-state index in [2.05, 4.69) is 9.97 Å². The highest BCUT2D eigenvalue weighted by Crippen LogP contribution is 2.38. The number of Topliss-reactive ketones (excluding diaryl/α,β-unsaturated/α-hetero) is 1. The van der Waals surface area contributed by atoms with Crippen molar-refractivity contribution in [2.75, 3.05) is 27.9 Å². The van der Waals surface area contributed by atoms with Crippen LogP contribution in [0.4, 0.5) is 0 Å². The number of fused-ring (bicyclic) bond motifs is 1. The maximum absolute atomic E-state index is 12.7. The zero-order valence-electron chi connectivity index (χ0n) is 15.3. The second-order valence-corrected chi connectivity index (χ2v) is 5.40. The Morgan fingerprint density at radius 2 is 1.81 bits per heavy atom. The number of nitrogens with zero attached hydrogens (tertiary/aromatic N) is 2. The third-order valence-corrected chi connectivity index (χ3v) is 3.91. The summed E-state index contributed by atoms with van der Waals surface area (Å²) >= 11 is 0. The molecule has 1 aliphatic rings. The van der Waals surface area contributed by atoms with Crippen molar-refractivity contribution in [3.8, 4) is 28.9 Å². The summed E-state index contributed by atoms with van der Waals surface area (Å²) in [6.45, 7) is 2.02. The number of ketones is 1. The van der Waals surface area contributed by atoms with E-state index in [1.807, 2.05) is 0 Å². The molecule has 0 saturated heterocycles. The number of rotatable bonds is 6. The monoisotopic (exact) mass is 374 g/mol. The van der Waals surface area contributed by atoms with Gasteiger partial charge in [0.25, 0.3) is 6.29 Å². The van der Waals surface area contributed by atoms with Gasteiger partial charge in [-0.15, -0.1) is 0 Å². The van der Waals surface area contributed by atoms with E-state index in [1.165, 1.54) is 27.4 Å². The number of carbonyl (C=O) groups is 2. The first-order valence-corrected chi connectivity index (χ1v) is 8.09. The molecule has 9 heteroatoms. The van der Waals surface area contributed by atoms with Crippen LogP contribution in [0, 0.1) is 0 Å². The maximum Gasteiger partial charge on any atom is 0.339 e. The van der Waals surface area contributed by atoms with Gasteiger partial charge in [0.1, 0.15) is 5.75 Å². The summed E-state index contributed by atoms with van der Waals surface area (Å²) in [6.07, 6.45) is -1.11. The van der Waals surface area contributed by atoms with Crippen LogP contribution in [0.5, 0.6) is 17.5 Å².